The molecule has 0 aromatic heterocycles. The number of carbonyl (C=O) groups excluding carboxylic acids is 2. The predicted molar refractivity (Wildman–Crippen MR) is 101 cm³/mol. The van der Waals surface area contributed by atoms with E-state index in [0.29, 0.717) is 17.0 Å². The molecule has 0 bridgehead atoms. The van der Waals surface area contributed by atoms with Crippen LogP contribution in [0.1, 0.15) is 37.6 Å². The Kier molecular flexibility index (Phi) is 6.13. The maximum Gasteiger partial charge on any atom is 0.408 e. The van der Waals surface area contributed by atoms with Gasteiger partial charge in [-0.05, 0) is 39.0 Å². The molecular weight excluding hydrogens is 364 g/mol. The van der Waals surface area contributed by atoms with E-state index in [1.54, 1.807) is 32.9 Å². The fourth-order valence-electron chi connectivity index (χ4n) is 3.03. The molecule has 1 aliphatic heterocycles. The number of benzene rings is 1. The molecule has 0 unspecified atom stereocenters. The Balaban J connectivity index is 2.33. The Labute approximate surface area is 163 Å². The third kappa shape index (κ3) is 4.34. The topological polar surface area (TPSA) is 123 Å². The van der Waals surface area contributed by atoms with E-state index in [9.17, 15) is 19.5 Å². The van der Waals surface area contributed by atoms with Gasteiger partial charge in [-0.1, -0.05) is 0 Å². The van der Waals surface area contributed by atoms with Crippen molar-refractivity contribution in [3.63, 3.8) is 0 Å². The summed E-state index contributed by atoms with van der Waals surface area (Å²) in [5, 5.41) is 20.8. The van der Waals surface area contributed by atoms with E-state index in [-0.39, 0.29) is 25.5 Å². The SMILES string of the molecule is CN1C(=O)[C@@H](N(C(=O)O)C(C)(C)C)COc2ccc(C(=O)NCCC#N)cc21. The number of carboxylic acid groups (broad SMARTS) is 1. The molecule has 28 heavy (non-hydrogen) atoms. The number of hydrogen-bond acceptors (Lipinski definition) is 5. The van der Waals surface area contributed by atoms with Crippen LogP contribution in [0, 0.1) is 11.3 Å². The third-order valence-corrected chi connectivity index (χ3v) is 4.36. The lowest BCUT2D eigenvalue weighted by atomic mass is 10.0. The van der Waals surface area contributed by atoms with E-state index in [1.165, 1.54) is 18.0 Å². The molecule has 9 heteroatoms. The molecule has 1 aliphatic rings. The second-order valence-corrected chi connectivity index (χ2v) is 7.39. The molecule has 1 aromatic carbocycles. The molecular formula is C19H24N4O5. The quantitative estimate of drug-likeness (QED) is 0.759. The highest BCUT2D eigenvalue weighted by Crippen LogP contribution is 2.33. The van der Waals surface area contributed by atoms with Crippen molar-refractivity contribution in [2.45, 2.75) is 38.8 Å². The molecule has 1 aromatic rings. The molecule has 0 radical (unpaired) electrons. The highest BCUT2D eigenvalue weighted by Gasteiger charge is 2.41. The van der Waals surface area contributed by atoms with Gasteiger partial charge in [-0.2, -0.15) is 5.26 Å². The minimum Gasteiger partial charge on any atom is -0.489 e. The molecule has 2 rings (SSSR count). The van der Waals surface area contributed by atoms with Gasteiger partial charge < -0.3 is 20.1 Å². The number of hydrogen-bond donors (Lipinski definition) is 2. The van der Waals surface area contributed by atoms with Crippen LogP contribution >= 0.6 is 0 Å². The summed E-state index contributed by atoms with van der Waals surface area (Å²) in [7, 11) is 1.52. The van der Waals surface area contributed by atoms with Gasteiger partial charge >= 0.3 is 6.09 Å². The van der Waals surface area contributed by atoms with Crippen LogP contribution in [0.25, 0.3) is 0 Å². The number of nitriles is 1. The maximum atomic E-state index is 13.0. The van der Waals surface area contributed by atoms with Crippen molar-refractivity contribution in [3.8, 4) is 11.8 Å². The van der Waals surface area contributed by atoms with E-state index in [1.807, 2.05) is 6.07 Å². The van der Waals surface area contributed by atoms with Crippen LogP contribution in [-0.2, 0) is 4.79 Å². The summed E-state index contributed by atoms with van der Waals surface area (Å²) in [5.74, 6) is -0.439. The lowest BCUT2D eigenvalue weighted by Gasteiger charge is -2.38. The Morgan fingerprint density at radius 3 is 2.68 bits per heavy atom. The van der Waals surface area contributed by atoms with Gasteiger partial charge in [0.05, 0.1) is 18.2 Å². The second-order valence-electron chi connectivity index (χ2n) is 7.39. The van der Waals surface area contributed by atoms with Crippen LogP contribution in [0.4, 0.5) is 10.5 Å². The summed E-state index contributed by atoms with van der Waals surface area (Å²) in [5.41, 5.74) is -0.123. The third-order valence-electron chi connectivity index (χ3n) is 4.36. The number of fused-ring (bicyclic) bond motifs is 1. The summed E-state index contributed by atoms with van der Waals surface area (Å²) in [4.78, 5) is 39.4. The van der Waals surface area contributed by atoms with Gasteiger partial charge in [0, 0.05) is 24.7 Å². The largest absolute Gasteiger partial charge is 0.489 e. The van der Waals surface area contributed by atoms with Crippen molar-refractivity contribution >= 4 is 23.6 Å². The van der Waals surface area contributed by atoms with Gasteiger partial charge in [0.15, 0.2) is 0 Å². The summed E-state index contributed by atoms with van der Waals surface area (Å²) in [6, 6.07) is 5.56. The molecule has 150 valence electrons. The lowest BCUT2D eigenvalue weighted by molar-refractivity contribution is -0.125. The first-order chi connectivity index (χ1) is 13.1. The second kappa shape index (κ2) is 8.17. The lowest BCUT2D eigenvalue weighted by Crippen LogP contribution is -2.58. The van der Waals surface area contributed by atoms with Gasteiger partial charge in [-0.25, -0.2) is 4.79 Å². The van der Waals surface area contributed by atoms with Crippen LogP contribution in [0.5, 0.6) is 5.75 Å². The first kappa shape index (κ1) is 21.0. The summed E-state index contributed by atoms with van der Waals surface area (Å²) in [6.07, 6.45) is -1.02. The number of ether oxygens (including phenoxy) is 1. The number of nitrogens with one attached hydrogen (secondary N) is 1. The van der Waals surface area contributed by atoms with Gasteiger partial charge in [0.25, 0.3) is 11.8 Å². The first-order valence-electron chi connectivity index (χ1n) is 8.79. The fourth-order valence-corrected chi connectivity index (χ4v) is 3.03. The van der Waals surface area contributed by atoms with E-state index in [0.717, 1.165) is 4.90 Å². The zero-order valence-corrected chi connectivity index (χ0v) is 16.4. The molecule has 2 N–H and O–H groups in total. The van der Waals surface area contributed by atoms with Crippen molar-refractivity contribution in [3.05, 3.63) is 23.8 Å². The van der Waals surface area contributed by atoms with E-state index >= 15 is 0 Å². The van der Waals surface area contributed by atoms with E-state index in [2.05, 4.69) is 5.32 Å². The smallest absolute Gasteiger partial charge is 0.408 e. The van der Waals surface area contributed by atoms with Crippen LogP contribution in [0.3, 0.4) is 0 Å². The zero-order chi connectivity index (χ0) is 21.1. The number of carbonyl (C=O) groups is 3. The van der Waals surface area contributed by atoms with Crippen LogP contribution in [-0.4, -0.2) is 59.7 Å². The molecule has 0 aliphatic carbocycles. The average molecular weight is 388 g/mol. The van der Waals surface area contributed by atoms with Gasteiger partial charge in [0.1, 0.15) is 18.4 Å². The fraction of sp³-hybridized carbons (Fsp3) is 0.474. The number of likely N-dealkylation sites (N-methyl/N-ethyl adjacent to an activating group) is 1. The van der Waals surface area contributed by atoms with Crippen molar-refractivity contribution in [2.75, 3.05) is 25.1 Å². The molecule has 0 fully saturated rings. The number of anilines is 1. The first-order valence-corrected chi connectivity index (χ1v) is 8.79. The van der Waals surface area contributed by atoms with Crippen molar-refractivity contribution in [1.29, 1.82) is 5.26 Å². The average Bonchev–Trinajstić information content (AvgIpc) is 2.72. The minimum absolute atomic E-state index is 0.131. The van der Waals surface area contributed by atoms with Crippen LogP contribution in [0.15, 0.2) is 18.2 Å². The Morgan fingerprint density at radius 2 is 2.11 bits per heavy atom. The van der Waals surface area contributed by atoms with Gasteiger partial charge in [-0.15, -0.1) is 0 Å². The van der Waals surface area contributed by atoms with E-state index < -0.39 is 23.6 Å². The van der Waals surface area contributed by atoms with Crippen molar-refractivity contribution in [2.24, 2.45) is 0 Å². The Hall–Kier alpha value is -3.28. The van der Waals surface area contributed by atoms with E-state index in [4.69, 9.17) is 10.00 Å². The molecule has 1 heterocycles. The maximum absolute atomic E-state index is 13.0. The summed E-state index contributed by atoms with van der Waals surface area (Å²) < 4.78 is 5.72. The molecule has 1 atom stereocenters. The minimum atomic E-state index is -1.22. The van der Waals surface area contributed by atoms with Crippen molar-refractivity contribution in [1.82, 2.24) is 10.2 Å². The standard InChI is InChI=1S/C19H24N4O5/c1-19(2,3)23(18(26)27)14-11-28-15-7-6-12(16(24)21-9-5-8-20)10-13(15)22(4)17(14)25/h6-7,10,14H,5,9,11H2,1-4H3,(H,21,24)(H,26,27)/t14-/m0/s1. The van der Waals surface area contributed by atoms with Gasteiger partial charge in [-0.3, -0.25) is 14.5 Å². The normalized spacial score (nSPS) is 16.3. The highest BCUT2D eigenvalue weighted by molar-refractivity contribution is 6.02. The monoisotopic (exact) mass is 388 g/mol. The predicted octanol–water partition coefficient (Wildman–Crippen LogP) is 1.83. The van der Waals surface area contributed by atoms with Crippen LogP contribution < -0.4 is 15.0 Å². The Bertz CT molecular complexity index is 825. The molecule has 0 saturated heterocycles. The Morgan fingerprint density at radius 1 is 1.43 bits per heavy atom. The van der Waals surface area contributed by atoms with Gasteiger partial charge in [0.2, 0.25) is 0 Å². The molecule has 9 nitrogen and oxygen atoms in total. The highest BCUT2D eigenvalue weighted by atomic mass is 16.5. The summed E-state index contributed by atoms with van der Waals surface area (Å²) >= 11 is 0. The van der Waals surface area contributed by atoms with Crippen LogP contribution in [0.2, 0.25) is 0 Å². The molecule has 0 saturated carbocycles. The number of amides is 3. The zero-order valence-electron chi connectivity index (χ0n) is 16.4. The number of nitrogens with zero attached hydrogens (tertiary/aromatic N) is 3. The number of rotatable bonds is 4. The molecule has 3 amide bonds. The summed E-state index contributed by atoms with van der Waals surface area (Å²) in [6.45, 7) is 5.20. The van der Waals surface area contributed by atoms with Crippen molar-refractivity contribution < 1.29 is 24.2 Å². The molecule has 0 spiro atoms.